The molecule has 0 aliphatic carbocycles. The summed E-state index contributed by atoms with van der Waals surface area (Å²) in [6.45, 7) is 4.23. The van der Waals surface area contributed by atoms with E-state index in [4.69, 9.17) is 0 Å². The van der Waals surface area contributed by atoms with Crippen LogP contribution >= 0.6 is 0 Å². The molecule has 5 nitrogen and oxygen atoms in total. The minimum Gasteiger partial charge on any atom is -0.340 e. The third kappa shape index (κ3) is 3.95. The van der Waals surface area contributed by atoms with Crippen molar-refractivity contribution >= 4 is 5.91 Å². The number of carbonyl (C=O) groups excluding carboxylic acids is 1. The Morgan fingerprint density at radius 3 is 2.67 bits per heavy atom. The molecular weight excluding hydrogens is 300 g/mol. The van der Waals surface area contributed by atoms with Crippen molar-refractivity contribution < 1.29 is 4.79 Å². The highest BCUT2D eigenvalue weighted by molar-refractivity contribution is 5.92. The summed E-state index contributed by atoms with van der Waals surface area (Å²) >= 11 is 0. The number of carbonyl (C=O) groups is 1. The molecule has 1 atom stereocenters. The van der Waals surface area contributed by atoms with E-state index >= 15 is 0 Å². The van der Waals surface area contributed by atoms with Gasteiger partial charge in [0.1, 0.15) is 5.69 Å². The van der Waals surface area contributed by atoms with Crippen LogP contribution < -0.4 is 0 Å². The van der Waals surface area contributed by atoms with Crippen LogP contribution in [-0.4, -0.2) is 72.9 Å². The highest BCUT2D eigenvalue weighted by Gasteiger charge is 2.25. The Bertz CT molecular complexity index is 568. The van der Waals surface area contributed by atoms with Gasteiger partial charge >= 0.3 is 0 Å². The molecule has 24 heavy (non-hydrogen) atoms. The highest BCUT2D eigenvalue weighted by atomic mass is 16.2. The zero-order chi connectivity index (χ0) is 17.1. The summed E-state index contributed by atoms with van der Waals surface area (Å²) in [5, 5.41) is 0. The molecule has 0 N–H and O–H groups in total. The molecule has 2 aliphatic rings. The van der Waals surface area contributed by atoms with Crippen molar-refractivity contribution in [1.82, 2.24) is 19.7 Å². The Hall–Kier alpha value is -1.46. The SMILES string of the molecule is CN1CCC(CN(C)C(=O)c2cc([C@H]3CCCN3C)ccn2)CC1. The first-order valence-electron chi connectivity index (χ1n) is 9.15. The first-order valence-corrected chi connectivity index (χ1v) is 9.15. The minimum atomic E-state index is 0.0522. The summed E-state index contributed by atoms with van der Waals surface area (Å²) in [6, 6.07) is 4.49. The second-order valence-electron chi connectivity index (χ2n) is 7.55. The molecule has 0 saturated carbocycles. The van der Waals surface area contributed by atoms with Crippen molar-refractivity contribution in [2.45, 2.75) is 31.7 Å². The average Bonchev–Trinajstić information content (AvgIpc) is 3.02. The van der Waals surface area contributed by atoms with Crippen molar-refractivity contribution in [3.63, 3.8) is 0 Å². The maximum absolute atomic E-state index is 12.8. The van der Waals surface area contributed by atoms with Gasteiger partial charge in [0, 0.05) is 25.8 Å². The van der Waals surface area contributed by atoms with Crippen LogP contribution in [0.4, 0.5) is 0 Å². The van der Waals surface area contributed by atoms with Crippen LogP contribution in [0.1, 0.15) is 47.8 Å². The average molecular weight is 330 g/mol. The van der Waals surface area contributed by atoms with E-state index < -0.39 is 0 Å². The van der Waals surface area contributed by atoms with Gasteiger partial charge in [-0.25, -0.2) is 0 Å². The first kappa shape index (κ1) is 17.4. The van der Waals surface area contributed by atoms with Gasteiger partial charge in [0.15, 0.2) is 0 Å². The molecule has 2 aliphatic heterocycles. The fourth-order valence-electron chi connectivity index (χ4n) is 4.01. The molecule has 0 bridgehead atoms. The van der Waals surface area contributed by atoms with Crippen molar-refractivity contribution in [3.05, 3.63) is 29.6 Å². The Morgan fingerprint density at radius 2 is 2.00 bits per heavy atom. The topological polar surface area (TPSA) is 39.7 Å². The lowest BCUT2D eigenvalue weighted by Gasteiger charge is -2.31. The van der Waals surface area contributed by atoms with E-state index in [1.807, 2.05) is 18.0 Å². The summed E-state index contributed by atoms with van der Waals surface area (Å²) in [5.74, 6) is 0.663. The van der Waals surface area contributed by atoms with E-state index in [0.717, 1.165) is 26.2 Å². The molecule has 2 saturated heterocycles. The Labute approximate surface area is 145 Å². The Kier molecular flexibility index (Phi) is 5.51. The predicted octanol–water partition coefficient (Wildman–Crippen LogP) is 2.26. The number of hydrogen-bond acceptors (Lipinski definition) is 4. The number of piperidine rings is 1. The molecule has 3 rings (SSSR count). The second kappa shape index (κ2) is 7.62. The quantitative estimate of drug-likeness (QED) is 0.849. The standard InChI is InChI=1S/C19H30N4O/c1-21-11-7-15(8-12-21)14-23(3)19(24)17-13-16(6-9-20-17)18-5-4-10-22(18)2/h6,9,13,15,18H,4-5,7-8,10-12,14H2,1-3H3/t18-/m1/s1. The number of likely N-dealkylation sites (tertiary alicyclic amines) is 2. The molecule has 3 heterocycles. The fourth-order valence-corrected chi connectivity index (χ4v) is 4.01. The van der Waals surface area contributed by atoms with Gasteiger partial charge in [-0.05, 0) is 83.0 Å². The number of rotatable bonds is 4. The number of hydrogen-bond donors (Lipinski definition) is 0. The highest BCUT2D eigenvalue weighted by Crippen LogP contribution is 2.30. The normalized spacial score (nSPS) is 23.5. The summed E-state index contributed by atoms with van der Waals surface area (Å²) in [7, 11) is 6.24. The van der Waals surface area contributed by atoms with Gasteiger partial charge < -0.3 is 9.80 Å². The summed E-state index contributed by atoms with van der Waals surface area (Å²) < 4.78 is 0. The third-order valence-corrected chi connectivity index (χ3v) is 5.63. The van der Waals surface area contributed by atoms with Gasteiger partial charge in [-0.2, -0.15) is 0 Å². The van der Waals surface area contributed by atoms with Crippen LogP contribution in [0.2, 0.25) is 0 Å². The monoisotopic (exact) mass is 330 g/mol. The maximum Gasteiger partial charge on any atom is 0.272 e. The van der Waals surface area contributed by atoms with Crippen molar-refractivity contribution in [2.24, 2.45) is 5.92 Å². The number of amides is 1. The minimum absolute atomic E-state index is 0.0522. The second-order valence-corrected chi connectivity index (χ2v) is 7.55. The third-order valence-electron chi connectivity index (χ3n) is 5.63. The van der Waals surface area contributed by atoms with Gasteiger partial charge in [-0.3, -0.25) is 14.7 Å². The van der Waals surface area contributed by atoms with Gasteiger partial charge in [-0.15, -0.1) is 0 Å². The van der Waals surface area contributed by atoms with E-state index in [-0.39, 0.29) is 5.91 Å². The van der Waals surface area contributed by atoms with Crippen LogP contribution in [-0.2, 0) is 0 Å². The van der Waals surface area contributed by atoms with Crippen LogP contribution in [0.3, 0.4) is 0 Å². The summed E-state index contributed by atoms with van der Waals surface area (Å²) in [4.78, 5) is 23.7. The first-order chi connectivity index (χ1) is 11.5. The van der Waals surface area contributed by atoms with E-state index in [0.29, 0.717) is 17.7 Å². The van der Waals surface area contributed by atoms with E-state index in [2.05, 4.69) is 34.9 Å². The largest absolute Gasteiger partial charge is 0.340 e. The van der Waals surface area contributed by atoms with Crippen molar-refractivity contribution in [3.8, 4) is 0 Å². The molecule has 132 valence electrons. The van der Waals surface area contributed by atoms with Crippen LogP contribution in [0.25, 0.3) is 0 Å². The van der Waals surface area contributed by atoms with Crippen LogP contribution in [0, 0.1) is 5.92 Å². The van der Waals surface area contributed by atoms with Gasteiger partial charge in [-0.1, -0.05) is 0 Å². The molecule has 1 aromatic rings. The molecular formula is C19H30N4O. The summed E-state index contributed by atoms with van der Waals surface area (Å²) in [5.41, 5.74) is 1.81. The van der Waals surface area contributed by atoms with Gasteiger partial charge in [0.25, 0.3) is 5.91 Å². The lowest BCUT2D eigenvalue weighted by atomic mass is 9.96. The molecule has 2 fully saturated rings. The van der Waals surface area contributed by atoms with E-state index in [9.17, 15) is 4.79 Å². The Balaban J connectivity index is 1.63. The number of aromatic nitrogens is 1. The van der Waals surface area contributed by atoms with Crippen LogP contribution in [0.5, 0.6) is 0 Å². The molecule has 1 aromatic heterocycles. The molecule has 1 amide bonds. The Morgan fingerprint density at radius 1 is 1.25 bits per heavy atom. The zero-order valence-electron chi connectivity index (χ0n) is 15.2. The lowest BCUT2D eigenvalue weighted by molar-refractivity contribution is 0.0741. The molecule has 0 unspecified atom stereocenters. The van der Waals surface area contributed by atoms with E-state index in [1.54, 1.807) is 6.20 Å². The van der Waals surface area contributed by atoms with Crippen molar-refractivity contribution in [2.75, 3.05) is 47.3 Å². The van der Waals surface area contributed by atoms with E-state index in [1.165, 1.54) is 31.2 Å². The molecule has 0 radical (unpaired) electrons. The summed E-state index contributed by atoms with van der Waals surface area (Å²) in [6.07, 6.45) is 6.53. The molecule has 5 heteroatoms. The zero-order valence-corrected chi connectivity index (χ0v) is 15.2. The van der Waals surface area contributed by atoms with Crippen molar-refractivity contribution in [1.29, 1.82) is 0 Å². The smallest absolute Gasteiger partial charge is 0.272 e. The number of pyridine rings is 1. The van der Waals surface area contributed by atoms with Crippen LogP contribution in [0.15, 0.2) is 18.3 Å². The van der Waals surface area contributed by atoms with Gasteiger partial charge in [0.05, 0.1) is 0 Å². The predicted molar refractivity (Wildman–Crippen MR) is 96.0 cm³/mol. The fraction of sp³-hybridized carbons (Fsp3) is 0.684. The molecule has 0 spiro atoms. The van der Waals surface area contributed by atoms with Gasteiger partial charge in [0.2, 0.25) is 0 Å². The maximum atomic E-state index is 12.8. The number of nitrogens with zero attached hydrogens (tertiary/aromatic N) is 4. The lowest BCUT2D eigenvalue weighted by Crippen LogP contribution is -2.38. The molecule has 0 aromatic carbocycles.